The Morgan fingerprint density at radius 2 is 1.53 bits per heavy atom. The van der Waals surface area contributed by atoms with Gasteiger partial charge in [-0.1, -0.05) is 46.8 Å². The van der Waals surface area contributed by atoms with Crippen molar-refractivity contribution in [1.29, 1.82) is 0 Å². The van der Waals surface area contributed by atoms with Crippen LogP contribution in [0.1, 0.15) is 131 Å². The molecule has 4 nitrogen and oxygen atoms in total. The molecule has 7 fully saturated rings. The second-order valence-corrected chi connectivity index (χ2v) is 18.5. The van der Waals surface area contributed by atoms with Crippen LogP contribution >= 0.6 is 0 Å². The normalized spacial score (nSPS) is 51.0. The predicted molar refractivity (Wildman–Crippen MR) is 175 cm³/mol. The first-order chi connectivity index (χ1) is 20.3. The number of aliphatic hydroxyl groups is 1. The first-order valence-corrected chi connectivity index (χ1v) is 18.7. The topological polar surface area (TPSA) is 43.8 Å². The minimum absolute atomic E-state index is 0.00193. The Kier molecular flexibility index (Phi) is 7.38. The van der Waals surface area contributed by atoms with E-state index < -0.39 is 0 Å². The maximum atomic E-state index is 15.1. The van der Waals surface area contributed by atoms with E-state index in [2.05, 4.69) is 57.9 Å². The molecule has 2 aliphatic heterocycles. The quantitative estimate of drug-likeness (QED) is 0.336. The van der Waals surface area contributed by atoms with Gasteiger partial charge in [-0.2, -0.15) is 0 Å². The standard InChI is InChI=1S/C39H64N2O2/c1-26(2)28-14-19-39(34(43)41-24-10-11-27(41)25-40-22-8-9-23-40)21-20-37(6)29(33(28)39)12-13-31-36(5)17-16-32(42)35(3,4)30(36)15-18-38(31,37)7/h27-33,42H,1,8-25H2,2-7H3/t27-,28-,29+,30-,31+,32-,33+,36-,37+,38+,39-/m0/s1. The summed E-state index contributed by atoms with van der Waals surface area (Å²) >= 11 is 0. The van der Waals surface area contributed by atoms with Crippen molar-refractivity contribution in [3.8, 4) is 0 Å². The molecule has 0 radical (unpaired) electrons. The molecule has 7 aliphatic rings. The van der Waals surface area contributed by atoms with Gasteiger partial charge in [0.1, 0.15) is 0 Å². The van der Waals surface area contributed by atoms with Crippen molar-refractivity contribution >= 4 is 5.91 Å². The van der Waals surface area contributed by atoms with Crippen LogP contribution in [0.15, 0.2) is 12.2 Å². The molecule has 1 N–H and O–H groups in total. The number of amides is 1. The van der Waals surface area contributed by atoms with Gasteiger partial charge < -0.3 is 14.9 Å². The number of likely N-dealkylation sites (tertiary alicyclic amines) is 2. The van der Waals surface area contributed by atoms with E-state index in [1.54, 1.807) is 0 Å². The molecule has 0 unspecified atom stereocenters. The molecule has 4 heteroatoms. The average molecular weight is 593 g/mol. The van der Waals surface area contributed by atoms with Gasteiger partial charge in [0.25, 0.3) is 0 Å². The lowest BCUT2D eigenvalue weighted by molar-refractivity contribution is -0.247. The number of allylic oxidation sites excluding steroid dienone is 1. The first kappa shape index (κ1) is 30.8. The number of aliphatic hydroxyl groups excluding tert-OH is 1. The first-order valence-electron chi connectivity index (χ1n) is 18.7. The second-order valence-electron chi connectivity index (χ2n) is 18.5. The third-order valence-electron chi connectivity index (χ3n) is 16.8. The largest absolute Gasteiger partial charge is 0.393 e. The SMILES string of the molecule is C=C(C)[C@@H]1CC[C@]2(C(=O)N3CCC[C@H]3CN3CCCC3)CC[C@]3(C)[C@H](CC[C@@H]4[C@@]5(C)CC[C@H](O)C(C)(C)[C@@H]5CC[C@]43C)[C@@H]12. The van der Waals surface area contributed by atoms with Crippen molar-refractivity contribution in [2.75, 3.05) is 26.2 Å². The summed E-state index contributed by atoms with van der Waals surface area (Å²) in [5.74, 6) is 3.42. The zero-order chi connectivity index (χ0) is 30.6. The Morgan fingerprint density at radius 1 is 0.791 bits per heavy atom. The molecule has 43 heavy (non-hydrogen) atoms. The van der Waals surface area contributed by atoms with E-state index in [1.165, 1.54) is 82.9 Å². The predicted octanol–water partition coefficient (Wildman–Crippen LogP) is 8.09. The smallest absolute Gasteiger partial charge is 0.229 e. The summed E-state index contributed by atoms with van der Waals surface area (Å²) in [5, 5.41) is 11.1. The zero-order valence-corrected chi connectivity index (χ0v) is 28.7. The minimum Gasteiger partial charge on any atom is -0.393 e. The summed E-state index contributed by atoms with van der Waals surface area (Å²) in [7, 11) is 0. The minimum atomic E-state index is -0.178. The van der Waals surface area contributed by atoms with Gasteiger partial charge >= 0.3 is 0 Å². The van der Waals surface area contributed by atoms with Crippen molar-refractivity contribution < 1.29 is 9.90 Å². The van der Waals surface area contributed by atoms with Crippen LogP contribution in [0.5, 0.6) is 0 Å². The van der Waals surface area contributed by atoms with Gasteiger partial charge in [0.05, 0.1) is 11.5 Å². The maximum absolute atomic E-state index is 15.1. The average Bonchev–Trinajstić information content (AvgIpc) is 3.72. The highest BCUT2D eigenvalue weighted by molar-refractivity contribution is 5.84. The molecule has 0 aromatic carbocycles. The number of hydrogen-bond acceptors (Lipinski definition) is 3. The van der Waals surface area contributed by atoms with E-state index >= 15 is 4.79 Å². The summed E-state index contributed by atoms with van der Waals surface area (Å²) in [6.07, 6.45) is 16.7. The Labute approximate surface area is 263 Å². The van der Waals surface area contributed by atoms with E-state index in [0.717, 1.165) is 38.8 Å². The third kappa shape index (κ3) is 4.15. The number of rotatable bonds is 4. The molecule has 11 atom stereocenters. The molecular formula is C39H64N2O2. The number of carbonyl (C=O) groups is 1. The van der Waals surface area contributed by atoms with Gasteiger partial charge in [-0.3, -0.25) is 4.79 Å². The summed E-state index contributed by atoms with van der Waals surface area (Å²) in [4.78, 5) is 20.2. The summed E-state index contributed by atoms with van der Waals surface area (Å²) < 4.78 is 0. The highest BCUT2D eigenvalue weighted by Gasteiger charge is 2.72. The zero-order valence-electron chi connectivity index (χ0n) is 28.7. The molecule has 242 valence electrons. The fourth-order valence-electron chi connectivity index (χ4n) is 14.3. The number of hydrogen-bond donors (Lipinski definition) is 1. The van der Waals surface area contributed by atoms with Crippen LogP contribution in [0, 0.1) is 56.7 Å². The van der Waals surface area contributed by atoms with Crippen LogP contribution in [-0.2, 0) is 4.79 Å². The summed E-state index contributed by atoms with van der Waals surface area (Å²) in [6, 6.07) is 0.423. The van der Waals surface area contributed by atoms with E-state index in [0.29, 0.717) is 52.4 Å². The van der Waals surface area contributed by atoms with E-state index in [1.807, 2.05) is 0 Å². The van der Waals surface area contributed by atoms with Gasteiger partial charge in [-0.05, 0) is 161 Å². The summed E-state index contributed by atoms with van der Waals surface area (Å²) in [6.45, 7) is 24.2. The van der Waals surface area contributed by atoms with Gasteiger partial charge in [-0.15, -0.1) is 0 Å². The molecule has 0 aromatic heterocycles. The van der Waals surface area contributed by atoms with Crippen molar-refractivity contribution in [3.63, 3.8) is 0 Å². The van der Waals surface area contributed by atoms with Crippen LogP contribution < -0.4 is 0 Å². The second kappa shape index (κ2) is 10.3. The molecule has 1 amide bonds. The number of carbonyl (C=O) groups excluding carboxylic acids is 1. The highest BCUT2D eigenvalue weighted by atomic mass is 16.3. The third-order valence-corrected chi connectivity index (χ3v) is 16.8. The summed E-state index contributed by atoms with van der Waals surface area (Å²) in [5.41, 5.74) is 2.01. The molecule has 0 aromatic rings. The molecule has 0 spiro atoms. The Morgan fingerprint density at radius 3 is 2.26 bits per heavy atom. The Hall–Kier alpha value is -0.870. The molecular weight excluding hydrogens is 528 g/mol. The fourth-order valence-corrected chi connectivity index (χ4v) is 14.3. The van der Waals surface area contributed by atoms with Gasteiger partial charge in [-0.25, -0.2) is 0 Å². The van der Waals surface area contributed by atoms with Gasteiger partial charge in [0, 0.05) is 19.1 Å². The van der Waals surface area contributed by atoms with E-state index in [9.17, 15) is 5.11 Å². The maximum Gasteiger partial charge on any atom is 0.229 e. The lowest BCUT2D eigenvalue weighted by atomic mass is 9.32. The number of fused-ring (bicyclic) bond motifs is 7. The molecule has 7 rings (SSSR count). The molecule has 2 heterocycles. The molecule has 5 saturated carbocycles. The number of nitrogens with zero attached hydrogens (tertiary/aromatic N) is 2. The van der Waals surface area contributed by atoms with E-state index in [-0.39, 0.29) is 22.3 Å². The molecule has 0 bridgehead atoms. The Bertz CT molecular complexity index is 1130. The van der Waals surface area contributed by atoms with Crippen LogP contribution in [0.4, 0.5) is 0 Å². The Balaban J connectivity index is 1.22. The van der Waals surface area contributed by atoms with Crippen molar-refractivity contribution in [2.45, 2.75) is 144 Å². The highest BCUT2D eigenvalue weighted by Crippen LogP contribution is 2.77. The van der Waals surface area contributed by atoms with Crippen molar-refractivity contribution in [1.82, 2.24) is 9.80 Å². The van der Waals surface area contributed by atoms with Crippen molar-refractivity contribution in [3.05, 3.63) is 12.2 Å². The molecule has 2 saturated heterocycles. The lowest BCUT2D eigenvalue weighted by Crippen LogP contribution is -2.67. The van der Waals surface area contributed by atoms with Crippen LogP contribution in [0.3, 0.4) is 0 Å². The lowest BCUT2D eigenvalue weighted by Gasteiger charge is -2.73. The van der Waals surface area contributed by atoms with E-state index in [4.69, 9.17) is 0 Å². The van der Waals surface area contributed by atoms with Crippen LogP contribution in [-0.4, -0.2) is 59.1 Å². The fraction of sp³-hybridized carbons (Fsp3) is 0.923. The van der Waals surface area contributed by atoms with Crippen molar-refractivity contribution in [2.24, 2.45) is 56.7 Å². The van der Waals surface area contributed by atoms with Crippen LogP contribution in [0.2, 0.25) is 0 Å². The van der Waals surface area contributed by atoms with Gasteiger partial charge in [0.2, 0.25) is 5.91 Å². The molecule has 5 aliphatic carbocycles. The van der Waals surface area contributed by atoms with Gasteiger partial charge in [0.15, 0.2) is 0 Å². The monoisotopic (exact) mass is 592 g/mol. The van der Waals surface area contributed by atoms with Crippen LogP contribution in [0.25, 0.3) is 0 Å².